The molecule has 2 aliphatic heterocycles. The molecule has 1 saturated carbocycles. The summed E-state index contributed by atoms with van der Waals surface area (Å²) in [7, 11) is 0. The van der Waals surface area contributed by atoms with Crippen molar-refractivity contribution in [1.29, 1.82) is 0 Å². The molecular weight excluding hydrogens is 413 g/mol. The zero-order valence-corrected chi connectivity index (χ0v) is 17.5. The first-order chi connectivity index (χ1) is 15.5. The number of halogens is 1. The number of hydrogen-bond donors (Lipinski definition) is 2. The molecule has 2 aromatic carbocycles. The summed E-state index contributed by atoms with van der Waals surface area (Å²) in [6.07, 6.45) is 4.44. The van der Waals surface area contributed by atoms with E-state index in [0.29, 0.717) is 41.5 Å². The smallest absolute Gasteiger partial charge is 0.220 e. The van der Waals surface area contributed by atoms with Crippen molar-refractivity contribution in [3.8, 4) is 11.5 Å². The Bertz CT molecular complexity index is 1120. The fourth-order valence-corrected chi connectivity index (χ4v) is 4.67. The van der Waals surface area contributed by atoms with Crippen molar-refractivity contribution in [2.24, 2.45) is 21.5 Å². The van der Waals surface area contributed by atoms with Crippen LogP contribution in [0, 0.1) is 5.82 Å². The predicted molar refractivity (Wildman–Crippen MR) is 119 cm³/mol. The molecule has 0 amide bonds. The summed E-state index contributed by atoms with van der Waals surface area (Å²) in [5.74, 6) is 0.580. The highest BCUT2D eigenvalue weighted by molar-refractivity contribution is 6.16. The molecule has 0 unspecified atom stereocenters. The molecule has 0 saturated heterocycles. The van der Waals surface area contributed by atoms with Crippen LogP contribution in [-0.4, -0.2) is 36.6 Å². The number of rotatable bonds is 3. The van der Waals surface area contributed by atoms with Crippen molar-refractivity contribution in [3.63, 3.8) is 0 Å². The van der Waals surface area contributed by atoms with Crippen molar-refractivity contribution in [2.75, 3.05) is 18.1 Å². The maximum absolute atomic E-state index is 13.6. The Morgan fingerprint density at radius 1 is 1.00 bits per heavy atom. The minimum atomic E-state index is -0.726. The van der Waals surface area contributed by atoms with Crippen LogP contribution in [0.2, 0.25) is 0 Å². The molecule has 32 heavy (non-hydrogen) atoms. The van der Waals surface area contributed by atoms with Crippen LogP contribution in [0.15, 0.2) is 46.4 Å². The van der Waals surface area contributed by atoms with Gasteiger partial charge in [0.1, 0.15) is 24.7 Å². The summed E-state index contributed by atoms with van der Waals surface area (Å²) in [6, 6.07) is 8.84. The Kier molecular flexibility index (Phi) is 4.96. The molecule has 1 aliphatic carbocycles. The Hall–Kier alpha value is -3.62. The van der Waals surface area contributed by atoms with E-state index in [1.54, 1.807) is 17.0 Å². The number of anilines is 1. The highest BCUT2D eigenvalue weighted by Gasteiger charge is 2.44. The average Bonchev–Trinajstić information content (AvgIpc) is 2.78. The monoisotopic (exact) mass is 437 g/mol. The molecule has 1 fully saturated rings. The second-order valence-corrected chi connectivity index (χ2v) is 8.17. The van der Waals surface area contributed by atoms with E-state index >= 15 is 0 Å². The third-order valence-electron chi connectivity index (χ3n) is 6.10. The van der Waals surface area contributed by atoms with Gasteiger partial charge in [0.25, 0.3) is 0 Å². The van der Waals surface area contributed by atoms with Gasteiger partial charge < -0.3 is 20.9 Å². The van der Waals surface area contributed by atoms with Crippen LogP contribution in [0.3, 0.4) is 0 Å². The Morgan fingerprint density at radius 3 is 2.34 bits per heavy atom. The number of ketones is 1. The molecule has 0 aromatic heterocycles. The second kappa shape index (κ2) is 7.81. The Balaban J connectivity index is 1.69. The number of fused-ring (bicyclic) bond motifs is 1. The lowest BCUT2D eigenvalue weighted by atomic mass is 9.86. The molecule has 0 atom stereocenters. The van der Waals surface area contributed by atoms with Crippen molar-refractivity contribution in [1.82, 2.24) is 0 Å². The van der Waals surface area contributed by atoms with Gasteiger partial charge >= 0.3 is 0 Å². The van der Waals surface area contributed by atoms with Gasteiger partial charge in [-0.15, -0.1) is 0 Å². The Morgan fingerprint density at radius 2 is 1.66 bits per heavy atom. The van der Waals surface area contributed by atoms with E-state index in [1.807, 2.05) is 0 Å². The first-order valence-electron chi connectivity index (χ1n) is 10.7. The van der Waals surface area contributed by atoms with E-state index in [-0.39, 0.29) is 17.7 Å². The van der Waals surface area contributed by atoms with Gasteiger partial charge in [0.05, 0.1) is 11.3 Å². The SMILES string of the molecule is NC1=NC2(CCCCC2)N(c2cc3c(cc2C(=O)c2ccc(F)cc2)OCCO3)C(N)=N1. The zero-order valence-electron chi connectivity index (χ0n) is 17.5. The standard InChI is InChI=1S/C23H24FN5O3/c24-15-6-4-14(5-7-15)20(30)16-12-18-19(32-11-10-31-18)13-17(16)29-22(26)27-21(25)28-23(29)8-2-1-3-9-23/h4-7,12-13H,1-3,8-11H2,(H4,25,26,27,28). The van der Waals surface area contributed by atoms with Gasteiger partial charge in [0.2, 0.25) is 11.9 Å². The first-order valence-corrected chi connectivity index (χ1v) is 10.7. The third-order valence-corrected chi connectivity index (χ3v) is 6.10. The number of carbonyl (C=O) groups excluding carboxylic acids is 1. The van der Waals surface area contributed by atoms with Crippen LogP contribution in [0.1, 0.15) is 48.0 Å². The minimum absolute atomic E-state index is 0.129. The van der Waals surface area contributed by atoms with Crippen LogP contribution >= 0.6 is 0 Å². The molecule has 0 radical (unpaired) electrons. The minimum Gasteiger partial charge on any atom is -0.486 e. The van der Waals surface area contributed by atoms with E-state index in [4.69, 9.17) is 25.9 Å². The molecular formula is C23H24FN5O3. The number of ether oxygens (including phenoxy) is 2. The van der Waals surface area contributed by atoms with Crippen molar-refractivity contribution < 1.29 is 18.7 Å². The predicted octanol–water partition coefficient (Wildman–Crippen LogP) is 2.94. The fourth-order valence-electron chi connectivity index (χ4n) is 4.67. The van der Waals surface area contributed by atoms with E-state index < -0.39 is 11.5 Å². The van der Waals surface area contributed by atoms with Crippen molar-refractivity contribution in [3.05, 3.63) is 53.3 Å². The lowest BCUT2D eigenvalue weighted by Crippen LogP contribution is -2.58. The summed E-state index contributed by atoms with van der Waals surface area (Å²) in [4.78, 5) is 24.3. The van der Waals surface area contributed by atoms with Gasteiger partial charge in [0, 0.05) is 11.6 Å². The van der Waals surface area contributed by atoms with Crippen molar-refractivity contribution in [2.45, 2.75) is 37.8 Å². The summed E-state index contributed by atoms with van der Waals surface area (Å²) in [6.45, 7) is 0.784. The molecule has 2 heterocycles. The van der Waals surface area contributed by atoms with Crippen LogP contribution in [0.4, 0.5) is 10.1 Å². The van der Waals surface area contributed by atoms with Gasteiger partial charge in [0.15, 0.2) is 17.3 Å². The highest BCUT2D eigenvalue weighted by atomic mass is 19.1. The van der Waals surface area contributed by atoms with E-state index in [9.17, 15) is 9.18 Å². The van der Waals surface area contributed by atoms with Crippen LogP contribution in [-0.2, 0) is 0 Å². The number of aliphatic imine (C=N–C) groups is 2. The van der Waals surface area contributed by atoms with Crippen LogP contribution in [0.5, 0.6) is 11.5 Å². The number of benzene rings is 2. The highest BCUT2D eigenvalue weighted by Crippen LogP contribution is 2.44. The van der Waals surface area contributed by atoms with E-state index in [2.05, 4.69) is 4.99 Å². The number of carbonyl (C=O) groups is 1. The molecule has 166 valence electrons. The summed E-state index contributed by atoms with van der Waals surface area (Å²) in [5.41, 5.74) is 12.9. The molecule has 8 nitrogen and oxygen atoms in total. The summed E-state index contributed by atoms with van der Waals surface area (Å²) >= 11 is 0. The quantitative estimate of drug-likeness (QED) is 0.714. The van der Waals surface area contributed by atoms with Gasteiger partial charge in [-0.05, 0) is 56.0 Å². The largest absolute Gasteiger partial charge is 0.486 e. The van der Waals surface area contributed by atoms with Gasteiger partial charge in [-0.25, -0.2) is 9.38 Å². The number of nitrogens with zero attached hydrogens (tertiary/aromatic N) is 3. The lowest BCUT2D eigenvalue weighted by molar-refractivity contribution is 0.103. The van der Waals surface area contributed by atoms with Gasteiger partial charge in [-0.3, -0.25) is 9.69 Å². The third kappa shape index (κ3) is 3.43. The molecule has 2 aromatic rings. The van der Waals surface area contributed by atoms with Gasteiger partial charge in [-0.2, -0.15) is 4.99 Å². The van der Waals surface area contributed by atoms with E-state index in [0.717, 1.165) is 32.1 Å². The number of guanidine groups is 2. The molecule has 5 rings (SSSR count). The van der Waals surface area contributed by atoms with Crippen LogP contribution in [0.25, 0.3) is 0 Å². The average molecular weight is 437 g/mol. The number of hydrogen-bond acceptors (Lipinski definition) is 8. The van der Waals surface area contributed by atoms with Crippen LogP contribution < -0.4 is 25.8 Å². The maximum atomic E-state index is 13.6. The van der Waals surface area contributed by atoms with Crippen molar-refractivity contribution >= 4 is 23.4 Å². The van der Waals surface area contributed by atoms with E-state index in [1.165, 1.54) is 24.3 Å². The number of nitrogens with two attached hydrogens (primary N) is 2. The first kappa shape index (κ1) is 20.3. The summed E-state index contributed by atoms with van der Waals surface area (Å²) in [5, 5.41) is 0. The molecule has 4 N–H and O–H groups in total. The second-order valence-electron chi connectivity index (χ2n) is 8.17. The topological polar surface area (TPSA) is 116 Å². The Labute approximate surface area is 184 Å². The maximum Gasteiger partial charge on any atom is 0.220 e. The molecule has 3 aliphatic rings. The molecule has 1 spiro atoms. The lowest BCUT2D eigenvalue weighted by Gasteiger charge is -2.46. The zero-order chi connectivity index (χ0) is 22.3. The normalized spacial score (nSPS) is 19.3. The summed E-state index contributed by atoms with van der Waals surface area (Å²) < 4.78 is 25.0. The molecule has 9 heteroatoms. The molecule has 0 bridgehead atoms. The fraction of sp³-hybridized carbons (Fsp3) is 0.348. The van der Waals surface area contributed by atoms with Gasteiger partial charge in [-0.1, -0.05) is 6.42 Å².